The first-order valence-electron chi connectivity index (χ1n) is 6.44. The van der Waals surface area contributed by atoms with Gasteiger partial charge in [-0.05, 0) is 31.0 Å². The summed E-state index contributed by atoms with van der Waals surface area (Å²) in [6.07, 6.45) is 0.680. The number of rotatable bonds is 3. The van der Waals surface area contributed by atoms with E-state index in [1.807, 2.05) is 31.2 Å². The number of thioether (sulfide) groups is 1. The Morgan fingerprint density at radius 3 is 2.81 bits per heavy atom. The van der Waals surface area contributed by atoms with Gasteiger partial charge in [0.25, 0.3) is 0 Å². The van der Waals surface area contributed by atoms with Crippen molar-refractivity contribution in [2.24, 2.45) is 0 Å². The van der Waals surface area contributed by atoms with Crippen LogP contribution in [0.25, 0.3) is 0 Å². The number of carbonyl (C=O) groups is 2. The number of aryl methyl sites for hydroxylation is 1. The summed E-state index contributed by atoms with van der Waals surface area (Å²) in [7, 11) is 0. The fourth-order valence-electron chi connectivity index (χ4n) is 2.29. The highest BCUT2D eigenvalue weighted by atomic mass is 32.2. The third kappa shape index (κ3) is 2.82. The Morgan fingerprint density at radius 2 is 2.10 bits per heavy atom. The smallest absolute Gasteiger partial charge is 0.338 e. The number of carbonyl (C=O) groups excluding carboxylic acids is 1. The zero-order chi connectivity index (χ0) is 15.0. The van der Waals surface area contributed by atoms with Gasteiger partial charge in [0, 0.05) is 9.77 Å². The Hall–Kier alpha value is -1.79. The molecule has 1 atom stereocenters. The molecule has 0 bridgehead atoms. The first-order valence-corrected chi connectivity index (χ1v) is 8.13. The van der Waals surface area contributed by atoms with E-state index in [4.69, 9.17) is 5.11 Å². The fraction of sp³-hybridized carbons (Fsp3) is 0.200. The highest BCUT2D eigenvalue weighted by Gasteiger charge is 2.29. The van der Waals surface area contributed by atoms with Crippen LogP contribution in [0.15, 0.2) is 35.2 Å². The second-order valence-electron chi connectivity index (χ2n) is 4.81. The van der Waals surface area contributed by atoms with E-state index in [1.165, 1.54) is 28.7 Å². The maximum absolute atomic E-state index is 12.3. The van der Waals surface area contributed by atoms with Crippen LogP contribution >= 0.6 is 23.1 Å². The number of carboxylic acid groups (broad SMARTS) is 1. The first-order chi connectivity index (χ1) is 10.0. The van der Waals surface area contributed by atoms with Gasteiger partial charge in [-0.1, -0.05) is 18.2 Å². The van der Waals surface area contributed by atoms with E-state index in [-0.39, 0.29) is 16.7 Å². The Labute approximate surface area is 130 Å². The van der Waals surface area contributed by atoms with E-state index in [9.17, 15) is 9.59 Å². The summed E-state index contributed by atoms with van der Waals surface area (Å²) in [5.41, 5.74) is 1.33. The van der Waals surface area contributed by atoms with Crippen LogP contribution in [0.5, 0.6) is 0 Å². The molecule has 1 amide bonds. The molecule has 1 aromatic heterocycles. The lowest BCUT2D eigenvalue weighted by atomic mass is 10.1. The third-order valence-corrected chi connectivity index (χ3v) is 5.55. The van der Waals surface area contributed by atoms with E-state index in [0.717, 1.165) is 9.77 Å². The predicted molar refractivity (Wildman–Crippen MR) is 84.4 cm³/mol. The van der Waals surface area contributed by atoms with Gasteiger partial charge in [-0.25, -0.2) is 4.79 Å². The first kappa shape index (κ1) is 14.2. The van der Waals surface area contributed by atoms with Crippen molar-refractivity contribution in [1.82, 2.24) is 0 Å². The number of hydrogen-bond donors (Lipinski definition) is 2. The maximum atomic E-state index is 12.3. The molecule has 21 heavy (non-hydrogen) atoms. The number of nitrogens with one attached hydrogen (secondary N) is 1. The number of thiophene rings is 1. The molecule has 108 valence electrons. The summed E-state index contributed by atoms with van der Waals surface area (Å²) >= 11 is 2.82. The van der Waals surface area contributed by atoms with Crippen LogP contribution in [-0.2, 0) is 11.2 Å². The fourth-order valence-corrected chi connectivity index (χ4v) is 4.39. The highest BCUT2D eigenvalue weighted by molar-refractivity contribution is 8.01. The summed E-state index contributed by atoms with van der Waals surface area (Å²) < 4.78 is 0. The molecular formula is C15H13NO3S2. The molecule has 0 radical (unpaired) electrons. The number of benzene rings is 1. The molecule has 2 N–H and O–H groups in total. The molecule has 0 aliphatic carbocycles. The summed E-state index contributed by atoms with van der Waals surface area (Å²) in [5.74, 6) is -1.16. The van der Waals surface area contributed by atoms with Crippen molar-refractivity contribution in [3.63, 3.8) is 0 Å². The number of amides is 1. The van der Waals surface area contributed by atoms with E-state index < -0.39 is 5.97 Å². The quantitative estimate of drug-likeness (QED) is 0.910. The molecule has 1 aliphatic heterocycles. The highest BCUT2D eigenvalue weighted by Crippen LogP contribution is 2.38. The van der Waals surface area contributed by atoms with Crippen molar-refractivity contribution in [2.75, 3.05) is 5.32 Å². The van der Waals surface area contributed by atoms with E-state index in [2.05, 4.69) is 5.32 Å². The molecule has 0 fully saturated rings. The van der Waals surface area contributed by atoms with Crippen LogP contribution in [0.3, 0.4) is 0 Å². The van der Waals surface area contributed by atoms with Crippen molar-refractivity contribution < 1.29 is 14.7 Å². The summed E-state index contributed by atoms with van der Waals surface area (Å²) in [6.45, 7) is 1.83. The van der Waals surface area contributed by atoms with Crippen LogP contribution in [-0.4, -0.2) is 22.2 Å². The van der Waals surface area contributed by atoms with Gasteiger partial charge in [-0.15, -0.1) is 23.1 Å². The SMILES string of the molecule is Cc1cc(C(=O)O)c(NC(=O)C2Cc3ccccc3S2)s1. The topological polar surface area (TPSA) is 66.4 Å². The summed E-state index contributed by atoms with van der Waals surface area (Å²) in [4.78, 5) is 25.5. The number of hydrogen-bond acceptors (Lipinski definition) is 4. The monoisotopic (exact) mass is 319 g/mol. The van der Waals surface area contributed by atoms with Crippen molar-refractivity contribution in [3.8, 4) is 0 Å². The normalized spacial score (nSPS) is 16.5. The van der Waals surface area contributed by atoms with E-state index in [1.54, 1.807) is 6.07 Å². The predicted octanol–water partition coefficient (Wildman–Crippen LogP) is 3.41. The van der Waals surface area contributed by atoms with Crippen LogP contribution in [0.2, 0.25) is 0 Å². The minimum atomic E-state index is -1.02. The Morgan fingerprint density at radius 1 is 1.33 bits per heavy atom. The van der Waals surface area contributed by atoms with E-state index >= 15 is 0 Å². The van der Waals surface area contributed by atoms with Crippen LogP contribution in [0.4, 0.5) is 5.00 Å². The maximum Gasteiger partial charge on any atom is 0.338 e. The standard InChI is InChI=1S/C15H13NO3S2/c1-8-6-10(15(18)19)14(20-8)16-13(17)12-7-9-4-2-3-5-11(9)21-12/h2-6,12H,7H2,1H3,(H,16,17)(H,18,19). The Bertz CT molecular complexity index is 698. The zero-order valence-electron chi connectivity index (χ0n) is 11.3. The molecule has 3 rings (SSSR count). The molecule has 1 aromatic carbocycles. The largest absolute Gasteiger partial charge is 0.478 e. The summed E-state index contributed by atoms with van der Waals surface area (Å²) in [6, 6.07) is 9.53. The molecule has 0 spiro atoms. The number of anilines is 1. The van der Waals surface area contributed by atoms with Gasteiger partial charge in [0.15, 0.2) is 0 Å². The van der Waals surface area contributed by atoms with Crippen molar-refractivity contribution >= 4 is 40.0 Å². The minimum absolute atomic E-state index is 0.138. The molecule has 2 aromatic rings. The van der Waals surface area contributed by atoms with Crippen molar-refractivity contribution in [1.29, 1.82) is 0 Å². The lowest BCUT2D eigenvalue weighted by Crippen LogP contribution is -2.25. The van der Waals surface area contributed by atoms with E-state index in [0.29, 0.717) is 11.4 Å². The molecule has 4 nitrogen and oxygen atoms in total. The van der Waals surface area contributed by atoms with Crippen molar-refractivity contribution in [3.05, 3.63) is 46.3 Å². The number of carboxylic acids is 1. The molecule has 1 aliphatic rings. The molecular weight excluding hydrogens is 306 g/mol. The van der Waals surface area contributed by atoms with Crippen LogP contribution in [0, 0.1) is 6.92 Å². The Kier molecular flexibility index (Phi) is 3.73. The third-order valence-electron chi connectivity index (χ3n) is 3.26. The van der Waals surface area contributed by atoms with Gasteiger partial charge in [-0.2, -0.15) is 0 Å². The second kappa shape index (κ2) is 5.54. The second-order valence-corrected chi connectivity index (χ2v) is 7.31. The van der Waals surface area contributed by atoms with Gasteiger partial charge < -0.3 is 10.4 Å². The molecule has 6 heteroatoms. The van der Waals surface area contributed by atoms with Crippen LogP contribution < -0.4 is 5.32 Å². The Balaban J connectivity index is 1.75. The minimum Gasteiger partial charge on any atom is -0.478 e. The molecule has 0 saturated heterocycles. The molecule has 0 saturated carbocycles. The average molecular weight is 319 g/mol. The number of aromatic carboxylic acids is 1. The van der Waals surface area contributed by atoms with Gasteiger partial charge in [0.2, 0.25) is 5.91 Å². The van der Waals surface area contributed by atoms with Gasteiger partial charge in [0.1, 0.15) is 5.00 Å². The zero-order valence-corrected chi connectivity index (χ0v) is 12.9. The van der Waals surface area contributed by atoms with Gasteiger partial charge >= 0.3 is 5.97 Å². The number of fused-ring (bicyclic) bond motifs is 1. The lowest BCUT2D eigenvalue weighted by Gasteiger charge is -2.09. The van der Waals surface area contributed by atoms with Crippen molar-refractivity contribution in [2.45, 2.75) is 23.5 Å². The average Bonchev–Trinajstić information content (AvgIpc) is 3.02. The molecule has 1 unspecified atom stereocenters. The van der Waals surface area contributed by atoms with Crippen LogP contribution in [0.1, 0.15) is 20.8 Å². The summed E-state index contributed by atoms with van der Waals surface area (Å²) in [5, 5.41) is 12.1. The lowest BCUT2D eigenvalue weighted by molar-refractivity contribution is -0.115. The van der Waals surface area contributed by atoms with Gasteiger partial charge in [-0.3, -0.25) is 4.79 Å². The molecule has 2 heterocycles. The van der Waals surface area contributed by atoms with Gasteiger partial charge in [0.05, 0.1) is 10.8 Å².